The van der Waals surface area contributed by atoms with Crippen molar-refractivity contribution in [2.45, 2.75) is 11.1 Å². The average molecular weight is 353 g/mol. The lowest BCUT2D eigenvalue weighted by Gasteiger charge is -2.13. The number of aromatic nitrogens is 2. The van der Waals surface area contributed by atoms with Gasteiger partial charge in [0.2, 0.25) is 0 Å². The smallest absolute Gasteiger partial charge is 0.383 e. The van der Waals surface area contributed by atoms with E-state index in [0.717, 1.165) is 4.68 Å². The molecule has 21 heavy (non-hydrogen) atoms. The van der Waals surface area contributed by atoms with Crippen molar-refractivity contribution in [1.29, 1.82) is 5.26 Å². The maximum Gasteiger partial charge on any atom is 0.416 e. The van der Waals surface area contributed by atoms with Gasteiger partial charge in [0.1, 0.15) is 17.6 Å². The van der Waals surface area contributed by atoms with Crippen LogP contribution < -0.4 is 5.73 Å². The van der Waals surface area contributed by atoms with E-state index in [0.29, 0.717) is 12.1 Å². The van der Waals surface area contributed by atoms with Crippen LogP contribution in [0.1, 0.15) is 11.3 Å². The van der Waals surface area contributed by atoms with Gasteiger partial charge in [-0.15, -0.1) is 12.6 Å². The number of nitrogens with zero attached hydrogens (tertiary/aromatic N) is 3. The Labute approximate surface area is 132 Å². The molecule has 0 atom stereocenters. The van der Waals surface area contributed by atoms with Crippen LogP contribution in [0.25, 0.3) is 5.69 Å². The Balaban J connectivity index is 2.70. The number of benzene rings is 1. The highest BCUT2D eigenvalue weighted by molar-refractivity contribution is 7.80. The van der Waals surface area contributed by atoms with Crippen LogP contribution in [0.5, 0.6) is 0 Å². The summed E-state index contributed by atoms with van der Waals surface area (Å²) in [6, 6.07) is 3.15. The van der Waals surface area contributed by atoms with Crippen LogP contribution >= 0.6 is 35.8 Å². The Kier molecular flexibility index (Phi) is 4.02. The Bertz CT molecular complexity index is 741. The van der Waals surface area contributed by atoms with Gasteiger partial charge in [-0.05, 0) is 12.1 Å². The van der Waals surface area contributed by atoms with Crippen molar-refractivity contribution in [3.05, 3.63) is 33.4 Å². The molecule has 0 unspecified atom stereocenters. The van der Waals surface area contributed by atoms with Gasteiger partial charge >= 0.3 is 6.18 Å². The maximum atomic E-state index is 12.7. The summed E-state index contributed by atoms with van der Waals surface area (Å²) in [5, 5.41) is 12.1. The molecule has 110 valence electrons. The number of rotatable bonds is 1. The van der Waals surface area contributed by atoms with Crippen LogP contribution in [0.15, 0.2) is 17.0 Å². The second kappa shape index (κ2) is 5.33. The number of thiol groups is 1. The Morgan fingerprint density at radius 2 is 1.81 bits per heavy atom. The summed E-state index contributed by atoms with van der Waals surface area (Å²) >= 11 is 15.7. The average Bonchev–Trinajstić information content (AvgIpc) is 2.65. The van der Waals surface area contributed by atoms with Crippen LogP contribution in [0.2, 0.25) is 10.0 Å². The molecule has 0 amide bonds. The summed E-state index contributed by atoms with van der Waals surface area (Å²) in [5.41, 5.74) is 4.56. The standard InChI is InChI=1S/C11H5Cl2F3N4S/c12-5-1-4(11(14,15)16)2-6(13)8(5)20-10(18)9(21)7(3-17)19-20/h1-2,21H,18H2. The third-order valence-corrected chi connectivity index (χ3v) is 3.57. The molecule has 2 rings (SSSR count). The first-order chi connectivity index (χ1) is 9.66. The van der Waals surface area contributed by atoms with Crippen LogP contribution in [0.3, 0.4) is 0 Å². The van der Waals surface area contributed by atoms with Crippen molar-refractivity contribution in [2.24, 2.45) is 0 Å². The molecule has 0 spiro atoms. The second-order valence-electron chi connectivity index (χ2n) is 3.89. The third kappa shape index (κ3) is 2.77. The fraction of sp³-hybridized carbons (Fsp3) is 0.0909. The summed E-state index contributed by atoms with van der Waals surface area (Å²) < 4.78 is 39.0. The Morgan fingerprint density at radius 1 is 1.29 bits per heavy atom. The van der Waals surface area contributed by atoms with Gasteiger partial charge < -0.3 is 5.73 Å². The van der Waals surface area contributed by atoms with Crippen molar-refractivity contribution < 1.29 is 13.2 Å². The lowest BCUT2D eigenvalue weighted by Crippen LogP contribution is -2.08. The molecule has 0 radical (unpaired) electrons. The Hall–Kier alpha value is -1.56. The van der Waals surface area contributed by atoms with Gasteiger partial charge in [0.25, 0.3) is 0 Å². The van der Waals surface area contributed by atoms with Gasteiger partial charge in [0.05, 0.1) is 20.5 Å². The van der Waals surface area contributed by atoms with Gasteiger partial charge in [0, 0.05) is 0 Å². The molecular formula is C11H5Cl2F3N4S. The number of nitrogens with two attached hydrogens (primary N) is 1. The van der Waals surface area contributed by atoms with E-state index in [9.17, 15) is 13.2 Å². The first-order valence-electron chi connectivity index (χ1n) is 5.21. The molecule has 2 aromatic rings. The van der Waals surface area contributed by atoms with Crippen molar-refractivity contribution in [3.63, 3.8) is 0 Å². The zero-order chi connectivity index (χ0) is 15.9. The number of nitriles is 1. The van der Waals surface area contributed by atoms with E-state index in [4.69, 9.17) is 34.2 Å². The largest absolute Gasteiger partial charge is 0.416 e. The number of hydrogen-bond acceptors (Lipinski definition) is 4. The quantitative estimate of drug-likeness (QED) is 0.763. The summed E-state index contributed by atoms with van der Waals surface area (Å²) in [5.74, 6) is -0.0570. The van der Waals surface area contributed by atoms with E-state index in [1.807, 2.05) is 0 Å². The van der Waals surface area contributed by atoms with E-state index in [1.54, 1.807) is 6.07 Å². The highest BCUT2D eigenvalue weighted by Gasteiger charge is 2.32. The number of anilines is 1. The van der Waals surface area contributed by atoms with Crippen LogP contribution in [0, 0.1) is 11.3 Å². The summed E-state index contributed by atoms with van der Waals surface area (Å²) in [6.45, 7) is 0. The number of halogens is 5. The molecule has 1 aromatic heterocycles. The highest BCUT2D eigenvalue weighted by Crippen LogP contribution is 2.38. The molecule has 1 heterocycles. The van der Waals surface area contributed by atoms with E-state index in [2.05, 4.69) is 17.7 Å². The van der Waals surface area contributed by atoms with Crippen molar-refractivity contribution in [1.82, 2.24) is 9.78 Å². The van der Waals surface area contributed by atoms with Gasteiger partial charge in [0.15, 0.2) is 5.69 Å². The molecule has 0 saturated carbocycles. The van der Waals surface area contributed by atoms with E-state index in [-0.39, 0.29) is 32.1 Å². The third-order valence-electron chi connectivity index (χ3n) is 2.56. The lowest BCUT2D eigenvalue weighted by molar-refractivity contribution is -0.137. The molecular weight excluding hydrogens is 348 g/mol. The molecule has 4 nitrogen and oxygen atoms in total. The van der Waals surface area contributed by atoms with Crippen LogP contribution in [0.4, 0.5) is 19.0 Å². The predicted octanol–water partition coefficient (Wildman–Crippen LogP) is 3.94. The Morgan fingerprint density at radius 3 is 2.19 bits per heavy atom. The molecule has 0 aliphatic heterocycles. The molecule has 0 aliphatic rings. The van der Waals surface area contributed by atoms with Crippen molar-refractivity contribution in [3.8, 4) is 11.8 Å². The minimum atomic E-state index is -4.59. The number of alkyl halides is 3. The van der Waals surface area contributed by atoms with E-state index < -0.39 is 11.7 Å². The van der Waals surface area contributed by atoms with Crippen molar-refractivity contribution in [2.75, 3.05) is 5.73 Å². The molecule has 10 heteroatoms. The van der Waals surface area contributed by atoms with Gasteiger partial charge in [-0.1, -0.05) is 23.2 Å². The minimum absolute atomic E-state index is 0.0550. The van der Waals surface area contributed by atoms with E-state index in [1.165, 1.54) is 0 Å². The SMILES string of the molecule is N#Cc1nn(-c2c(Cl)cc(C(F)(F)F)cc2Cl)c(N)c1S. The predicted molar refractivity (Wildman–Crippen MR) is 75.0 cm³/mol. The van der Waals surface area contributed by atoms with Gasteiger partial charge in [-0.2, -0.15) is 23.5 Å². The first kappa shape index (κ1) is 15.8. The molecule has 0 bridgehead atoms. The van der Waals surface area contributed by atoms with Gasteiger partial charge in [-0.3, -0.25) is 0 Å². The summed E-state index contributed by atoms with van der Waals surface area (Å²) in [6.07, 6.45) is -4.59. The van der Waals surface area contributed by atoms with Crippen LogP contribution in [-0.2, 0) is 6.18 Å². The molecule has 1 aromatic carbocycles. The first-order valence-corrected chi connectivity index (χ1v) is 6.41. The van der Waals surface area contributed by atoms with Crippen LogP contribution in [-0.4, -0.2) is 9.78 Å². The highest BCUT2D eigenvalue weighted by atomic mass is 35.5. The lowest BCUT2D eigenvalue weighted by atomic mass is 10.2. The zero-order valence-electron chi connectivity index (χ0n) is 9.91. The number of hydrogen-bond donors (Lipinski definition) is 2. The fourth-order valence-electron chi connectivity index (χ4n) is 1.60. The second-order valence-corrected chi connectivity index (χ2v) is 5.15. The molecule has 0 saturated heterocycles. The molecule has 2 N–H and O–H groups in total. The topological polar surface area (TPSA) is 67.6 Å². The summed E-state index contributed by atoms with van der Waals surface area (Å²) in [4.78, 5) is 0.0875. The van der Waals surface area contributed by atoms with Gasteiger partial charge in [-0.25, -0.2) is 4.68 Å². The molecule has 0 fully saturated rings. The zero-order valence-corrected chi connectivity index (χ0v) is 12.3. The molecule has 0 aliphatic carbocycles. The normalized spacial score (nSPS) is 11.5. The maximum absolute atomic E-state index is 12.7. The summed E-state index contributed by atoms with van der Waals surface area (Å²) in [7, 11) is 0. The number of nitrogen functional groups attached to an aromatic ring is 1. The van der Waals surface area contributed by atoms with Crippen molar-refractivity contribution >= 4 is 41.6 Å². The monoisotopic (exact) mass is 352 g/mol. The van der Waals surface area contributed by atoms with E-state index >= 15 is 0 Å². The fourth-order valence-corrected chi connectivity index (χ4v) is 2.44. The minimum Gasteiger partial charge on any atom is -0.383 e.